The summed E-state index contributed by atoms with van der Waals surface area (Å²) >= 11 is 11.9. The number of hydrogen-bond acceptors (Lipinski definition) is 6. The summed E-state index contributed by atoms with van der Waals surface area (Å²) < 4.78 is 5.83. The third-order valence-electron chi connectivity index (χ3n) is 5.54. The Morgan fingerprint density at radius 2 is 1.72 bits per heavy atom. The average Bonchev–Trinajstić information content (AvgIpc) is 3.30. The molecule has 9 heteroatoms. The van der Waals surface area contributed by atoms with Crippen LogP contribution < -0.4 is 10.2 Å². The largest absolute Gasteiger partial charge is 0.403 e. The summed E-state index contributed by atoms with van der Waals surface area (Å²) in [6.07, 6.45) is 1.38. The summed E-state index contributed by atoms with van der Waals surface area (Å²) in [6, 6.07) is 16.9. The van der Waals surface area contributed by atoms with Gasteiger partial charge in [-0.25, -0.2) is 4.98 Å². The molecule has 0 bridgehead atoms. The summed E-state index contributed by atoms with van der Waals surface area (Å²) in [4.78, 5) is 19.3. The minimum absolute atomic E-state index is 0.0298. The SMILES string of the molecule is O=C(Nc1ccc2cc(Cl)ccc2n1)C1CCN(c2nnc(-c3ccc(Cl)cc3)o2)CC1. The van der Waals surface area contributed by atoms with Crippen molar-refractivity contribution >= 4 is 51.8 Å². The summed E-state index contributed by atoms with van der Waals surface area (Å²) in [6.45, 7) is 1.31. The van der Waals surface area contributed by atoms with E-state index in [4.69, 9.17) is 27.6 Å². The van der Waals surface area contributed by atoms with Gasteiger partial charge in [-0.15, -0.1) is 5.10 Å². The number of nitrogens with one attached hydrogen (secondary N) is 1. The third kappa shape index (κ3) is 4.40. The van der Waals surface area contributed by atoms with Crippen LogP contribution in [0.25, 0.3) is 22.4 Å². The summed E-state index contributed by atoms with van der Waals surface area (Å²) in [7, 11) is 0. The normalized spacial score (nSPS) is 14.6. The second kappa shape index (κ2) is 8.76. The molecular formula is C23H19Cl2N5O2. The molecule has 3 heterocycles. The maximum atomic E-state index is 12.8. The number of hydrogen-bond donors (Lipinski definition) is 1. The van der Waals surface area contributed by atoms with Gasteiger partial charge in [0.1, 0.15) is 5.82 Å². The predicted molar refractivity (Wildman–Crippen MR) is 125 cm³/mol. The van der Waals surface area contributed by atoms with E-state index in [0.29, 0.717) is 53.7 Å². The molecule has 2 aromatic carbocycles. The van der Waals surface area contributed by atoms with Gasteiger partial charge in [0.15, 0.2) is 0 Å². The highest BCUT2D eigenvalue weighted by Gasteiger charge is 2.28. The molecule has 1 fully saturated rings. The van der Waals surface area contributed by atoms with Crippen molar-refractivity contribution in [3.63, 3.8) is 0 Å². The number of carbonyl (C=O) groups excluding carboxylic acids is 1. The van der Waals surface area contributed by atoms with Crippen LogP contribution in [0.2, 0.25) is 10.0 Å². The Hall–Kier alpha value is -3.16. The Bertz CT molecular complexity index is 1270. The number of carbonyl (C=O) groups is 1. The van der Waals surface area contributed by atoms with Crippen molar-refractivity contribution in [3.05, 3.63) is 64.6 Å². The number of fused-ring (bicyclic) bond motifs is 1. The predicted octanol–water partition coefficient (Wildman–Crippen LogP) is 5.45. The number of benzene rings is 2. The van der Waals surface area contributed by atoms with Gasteiger partial charge in [0.25, 0.3) is 0 Å². The van der Waals surface area contributed by atoms with Gasteiger partial charge in [0, 0.05) is 40.0 Å². The first-order valence-electron chi connectivity index (χ1n) is 10.3. The maximum absolute atomic E-state index is 12.8. The molecule has 1 amide bonds. The molecule has 0 spiro atoms. The van der Waals surface area contributed by atoms with Crippen LogP contribution in [0.1, 0.15) is 12.8 Å². The van der Waals surface area contributed by atoms with Crippen molar-refractivity contribution < 1.29 is 9.21 Å². The van der Waals surface area contributed by atoms with E-state index in [9.17, 15) is 4.79 Å². The van der Waals surface area contributed by atoms with Crippen LogP contribution in [0, 0.1) is 5.92 Å². The van der Waals surface area contributed by atoms with Crippen molar-refractivity contribution in [2.75, 3.05) is 23.3 Å². The summed E-state index contributed by atoms with van der Waals surface area (Å²) in [5.74, 6) is 0.849. The Morgan fingerprint density at radius 3 is 2.50 bits per heavy atom. The van der Waals surface area contributed by atoms with Gasteiger partial charge >= 0.3 is 6.01 Å². The minimum atomic E-state index is -0.104. The Kier molecular flexibility index (Phi) is 5.68. The smallest absolute Gasteiger partial charge is 0.318 e. The van der Waals surface area contributed by atoms with Crippen molar-refractivity contribution in [3.8, 4) is 11.5 Å². The zero-order valence-corrected chi connectivity index (χ0v) is 18.5. The first kappa shape index (κ1) is 20.7. The number of halogens is 2. The first-order valence-corrected chi connectivity index (χ1v) is 11.0. The number of aromatic nitrogens is 3. The molecule has 162 valence electrons. The fourth-order valence-corrected chi connectivity index (χ4v) is 4.09. The van der Waals surface area contributed by atoms with Crippen molar-refractivity contribution in [1.82, 2.24) is 15.2 Å². The fourth-order valence-electron chi connectivity index (χ4n) is 3.78. The zero-order chi connectivity index (χ0) is 22.1. The molecule has 1 aliphatic heterocycles. The van der Waals surface area contributed by atoms with Gasteiger partial charge in [0.2, 0.25) is 11.8 Å². The van der Waals surface area contributed by atoms with Crippen LogP contribution in [0.3, 0.4) is 0 Å². The highest BCUT2D eigenvalue weighted by molar-refractivity contribution is 6.31. The van der Waals surface area contributed by atoms with Gasteiger partial charge in [-0.1, -0.05) is 28.3 Å². The zero-order valence-electron chi connectivity index (χ0n) is 17.0. The summed E-state index contributed by atoms with van der Waals surface area (Å²) in [5, 5.41) is 13.5. The average molecular weight is 468 g/mol. The molecule has 32 heavy (non-hydrogen) atoms. The number of rotatable bonds is 4. The van der Waals surface area contributed by atoms with Crippen LogP contribution in [0.4, 0.5) is 11.8 Å². The van der Waals surface area contributed by atoms with Gasteiger partial charge in [-0.2, -0.15) is 0 Å². The monoisotopic (exact) mass is 467 g/mol. The molecule has 0 radical (unpaired) electrons. The lowest BCUT2D eigenvalue weighted by atomic mass is 9.96. The van der Waals surface area contributed by atoms with E-state index in [-0.39, 0.29) is 11.8 Å². The van der Waals surface area contributed by atoms with E-state index in [1.807, 2.05) is 35.2 Å². The van der Waals surface area contributed by atoms with Gasteiger partial charge in [0.05, 0.1) is 5.52 Å². The summed E-state index contributed by atoms with van der Waals surface area (Å²) in [5.41, 5.74) is 1.60. The molecule has 2 aromatic heterocycles. The molecule has 0 unspecified atom stereocenters. The van der Waals surface area contributed by atoms with Crippen molar-refractivity contribution in [1.29, 1.82) is 0 Å². The number of pyridine rings is 1. The van der Waals surface area contributed by atoms with E-state index < -0.39 is 0 Å². The molecular weight excluding hydrogens is 449 g/mol. The molecule has 0 atom stereocenters. The topological polar surface area (TPSA) is 84.2 Å². The van der Waals surface area contributed by atoms with E-state index in [0.717, 1.165) is 16.5 Å². The van der Waals surface area contributed by atoms with Crippen LogP contribution in [-0.2, 0) is 4.79 Å². The quantitative estimate of drug-likeness (QED) is 0.429. The lowest BCUT2D eigenvalue weighted by Crippen LogP contribution is -2.38. The second-order valence-corrected chi connectivity index (χ2v) is 8.55. The van der Waals surface area contributed by atoms with E-state index >= 15 is 0 Å². The lowest BCUT2D eigenvalue weighted by molar-refractivity contribution is -0.120. The molecule has 1 aliphatic rings. The third-order valence-corrected chi connectivity index (χ3v) is 6.03. The maximum Gasteiger partial charge on any atom is 0.318 e. The van der Waals surface area contributed by atoms with Gasteiger partial charge in [-0.05, 0) is 67.4 Å². The number of nitrogens with zero attached hydrogens (tertiary/aromatic N) is 4. The molecule has 0 aliphatic carbocycles. The Labute approximate surface area is 194 Å². The molecule has 7 nitrogen and oxygen atoms in total. The van der Waals surface area contributed by atoms with Crippen molar-refractivity contribution in [2.45, 2.75) is 12.8 Å². The van der Waals surface area contributed by atoms with Crippen LogP contribution in [0.5, 0.6) is 0 Å². The number of amides is 1. The minimum Gasteiger partial charge on any atom is -0.403 e. The van der Waals surface area contributed by atoms with Crippen molar-refractivity contribution in [2.24, 2.45) is 5.92 Å². The molecule has 1 N–H and O–H groups in total. The first-order chi connectivity index (χ1) is 15.5. The van der Waals surface area contributed by atoms with Crippen LogP contribution in [-0.4, -0.2) is 34.2 Å². The lowest BCUT2D eigenvalue weighted by Gasteiger charge is -2.29. The standard InChI is InChI=1S/C23H19Cl2N5O2/c24-17-4-1-15(2-5-17)22-28-29-23(32-22)30-11-9-14(10-12-30)21(31)27-20-8-3-16-13-18(25)6-7-19(16)26-20/h1-8,13-14H,9-12H2,(H,26,27,31). The van der Waals surface area contributed by atoms with E-state index in [1.54, 1.807) is 24.3 Å². The molecule has 1 saturated heterocycles. The Balaban J connectivity index is 1.20. The van der Waals surface area contributed by atoms with E-state index in [2.05, 4.69) is 20.5 Å². The van der Waals surface area contributed by atoms with Crippen LogP contribution in [0.15, 0.2) is 59.0 Å². The van der Waals surface area contributed by atoms with Gasteiger partial charge < -0.3 is 14.6 Å². The van der Waals surface area contributed by atoms with Crippen LogP contribution >= 0.6 is 23.2 Å². The fraction of sp³-hybridized carbons (Fsp3) is 0.217. The number of anilines is 2. The molecule has 0 saturated carbocycles. The highest BCUT2D eigenvalue weighted by atomic mass is 35.5. The van der Waals surface area contributed by atoms with Gasteiger partial charge in [-0.3, -0.25) is 4.79 Å². The highest BCUT2D eigenvalue weighted by Crippen LogP contribution is 2.27. The Morgan fingerprint density at radius 1 is 0.969 bits per heavy atom. The molecule has 5 rings (SSSR count). The second-order valence-electron chi connectivity index (χ2n) is 7.68. The number of piperidine rings is 1. The molecule has 4 aromatic rings. The van der Waals surface area contributed by atoms with E-state index in [1.165, 1.54) is 0 Å².